The van der Waals surface area contributed by atoms with Crippen molar-refractivity contribution in [3.05, 3.63) is 66.6 Å². The third-order valence-corrected chi connectivity index (χ3v) is 4.14. The number of carbonyl (C=O) groups is 1. The molecule has 1 N–H and O–H groups in total. The lowest BCUT2D eigenvalue weighted by atomic mass is 10.1. The van der Waals surface area contributed by atoms with Crippen molar-refractivity contribution in [3.63, 3.8) is 0 Å². The van der Waals surface area contributed by atoms with Gasteiger partial charge in [0.25, 0.3) is 5.91 Å². The first-order valence-corrected chi connectivity index (χ1v) is 8.36. The minimum absolute atomic E-state index is 0.234. The molecule has 0 unspecified atom stereocenters. The fourth-order valence-corrected chi connectivity index (χ4v) is 2.86. The van der Waals surface area contributed by atoms with Crippen LogP contribution in [-0.4, -0.2) is 32.9 Å². The molecule has 2 atom stereocenters. The van der Waals surface area contributed by atoms with Crippen molar-refractivity contribution in [2.75, 3.05) is 0 Å². The zero-order valence-corrected chi connectivity index (χ0v) is 14.2. The van der Waals surface area contributed by atoms with Crippen LogP contribution in [-0.2, 0) is 11.3 Å². The number of ether oxygens (including phenoxy) is 2. The zero-order valence-electron chi connectivity index (χ0n) is 14.2. The molecule has 0 fully saturated rings. The molecule has 1 aromatic carbocycles. The van der Waals surface area contributed by atoms with Gasteiger partial charge in [-0.2, -0.15) is 5.10 Å². The van der Waals surface area contributed by atoms with Crippen molar-refractivity contribution >= 4 is 5.91 Å². The van der Waals surface area contributed by atoms with E-state index in [4.69, 9.17) is 9.47 Å². The monoisotopic (exact) mass is 350 g/mol. The molecule has 0 radical (unpaired) electrons. The summed E-state index contributed by atoms with van der Waals surface area (Å²) in [6, 6.07) is 12.9. The van der Waals surface area contributed by atoms with Crippen LogP contribution in [0.15, 0.2) is 61.1 Å². The van der Waals surface area contributed by atoms with E-state index in [9.17, 15) is 4.79 Å². The number of pyridine rings is 1. The first kappa shape index (κ1) is 16.1. The van der Waals surface area contributed by atoms with Gasteiger partial charge in [-0.15, -0.1) is 0 Å². The molecule has 0 aliphatic carbocycles. The molecule has 132 valence electrons. The van der Waals surface area contributed by atoms with E-state index >= 15 is 0 Å². The Labute approximate surface area is 150 Å². The first-order chi connectivity index (χ1) is 12.7. The number of benzene rings is 1. The summed E-state index contributed by atoms with van der Waals surface area (Å²) in [6.45, 7) is 2.13. The lowest BCUT2D eigenvalue weighted by molar-refractivity contribution is -0.133. The van der Waals surface area contributed by atoms with Crippen LogP contribution in [0.3, 0.4) is 0 Å². The highest BCUT2D eigenvalue weighted by molar-refractivity contribution is 5.82. The van der Waals surface area contributed by atoms with Gasteiger partial charge in [0.2, 0.25) is 6.10 Å². The van der Waals surface area contributed by atoms with Crippen LogP contribution in [0.1, 0.15) is 12.5 Å². The van der Waals surface area contributed by atoms with E-state index in [1.807, 2.05) is 49.5 Å². The summed E-state index contributed by atoms with van der Waals surface area (Å²) in [6.07, 6.45) is 4.09. The van der Waals surface area contributed by atoms with E-state index in [0.29, 0.717) is 23.9 Å². The summed E-state index contributed by atoms with van der Waals surface area (Å²) in [5.74, 6) is 1.67. The molecule has 0 bridgehead atoms. The van der Waals surface area contributed by atoms with Gasteiger partial charge in [-0.05, 0) is 31.2 Å². The highest BCUT2D eigenvalue weighted by atomic mass is 16.6. The number of carbonyl (C=O) groups excluding carboxylic acids is 1. The second-order valence-electron chi connectivity index (χ2n) is 5.96. The predicted molar refractivity (Wildman–Crippen MR) is 94.2 cm³/mol. The Morgan fingerprint density at radius 1 is 1.12 bits per heavy atom. The van der Waals surface area contributed by atoms with Gasteiger partial charge in [-0.1, -0.05) is 18.2 Å². The number of rotatable bonds is 4. The van der Waals surface area contributed by atoms with Gasteiger partial charge in [0.05, 0.1) is 0 Å². The zero-order chi connectivity index (χ0) is 17.9. The minimum Gasteiger partial charge on any atom is -0.482 e. The number of hydrogen-bond donors (Lipinski definition) is 1. The first-order valence-electron chi connectivity index (χ1n) is 8.36. The Morgan fingerprint density at radius 3 is 2.69 bits per heavy atom. The van der Waals surface area contributed by atoms with Crippen molar-refractivity contribution in [1.29, 1.82) is 0 Å². The summed E-state index contributed by atoms with van der Waals surface area (Å²) in [4.78, 5) is 17.0. The number of amides is 1. The second kappa shape index (κ2) is 6.87. The molecule has 1 amide bonds. The predicted octanol–water partition coefficient (Wildman–Crippen LogP) is 2.11. The van der Waals surface area contributed by atoms with Crippen molar-refractivity contribution in [2.45, 2.75) is 25.7 Å². The van der Waals surface area contributed by atoms with Crippen LogP contribution in [0.2, 0.25) is 0 Å². The molecule has 0 spiro atoms. The van der Waals surface area contributed by atoms with E-state index in [2.05, 4.69) is 15.4 Å². The Bertz CT molecular complexity index is 911. The average molecular weight is 350 g/mol. The lowest BCUT2D eigenvalue weighted by Crippen LogP contribution is -2.48. The maximum atomic E-state index is 12.6. The van der Waals surface area contributed by atoms with Crippen molar-refractivity contribution in [3.8, 4) is 17.3 Å². The van der Waals surface area contributed by atoms with E-state index in [0.717, 1.165) is 5.56 Å². The third-order valence-electron chi connectivity index (χ3n) is 4.14. The number of nitrogens with one attached hydrogen (secondary N) is 1. The molecule has 3 aromatic rings. The molecule has 1 aliphatic heterocycles. The number of hydrogen-bond acceptors (Lipinski definition) is 5. The molecular weight excluding hydrogens is 332 g/mol. The van der Waals surface area contributed by atoms with Gasteiger partial charge in [0.15, 0.2) is 17.3 Å². The number of fused-ring (bicyclic) bond motifs is 1. The van der Waals surface area contributed by atoms with E-state index in [-0.39, 0.29) is 12.0 Å². The standard InChI is InChI=1S/C19H18N4O3/c1-13-17(26-16-8-3-2-7-15(16)25-13)19(24)21-12-14-6-4-9-20-18(14)23-11-5-10-22-23/h2-11,13,17H,12H2,1H3,(H,21,24)/t13-,17-/m0/s1. The average Bonchev–Trinajstić information content (AvgIpc) is 3.20. The number of aromatic nitrogens is 3. The maximum absolute atomic E-state index is 12.6. The van der Waals surface area contributed by atoms with Crippen LogP contribution < -0.4 is 14.8 Å². The Kier molecular flexibility index (Phi) is 4.27. The summed E-state index contributed by atoms with van der Waals surface area (Å²) >= 11 is 0. The molecule has 7 nitrogen and oxygen atoms in total. The molecule has 2 aromatic heterocycles. The Morgan fingerprint density at radius 2 is 1.92 bits per heavy atom. The molecule has 0 saturated heterocycles. The largest absolute Gasteiger partial charge is 0.482 e. The summed E-state index contributed by atoms with van der Waals surface area (Å²) in [5, 5.41) is 7.11. The smallest absolute Gasteiger partial charge is 0.265 e. The molecular formula is C19H18N4O3. The molecule has 4 rings (SSSR count). The van der Waals surface area contributed by atoms with Crippen LogP contribution in [0, 0.1) is 0 Å². The van der Waals surface area contributed by atoms with Crippen molar-refractivity contribution < 1.29 is 14.3 Å². The topological polar surface area (TPSA) is 78.3 Å². The van der Waals surface area contributed by atoms with E-state index in [1.165, 1.54) is 0 Å². The Hall–Kier alpha value is -3.35. The quantitative estimate of drug-likeness (QED) is 0.780. The van der Waals surface area contributed by atoms with Gasteiger partial charge in [0.1, 0.15) is 6.10 Å². The fourth-order valence-electron chi connectivity index (χ4n) is 2.86. The normalized spacial score (nSPS) is 18.3. The highest BCUT2D eigenvalue weighted by Gasteiger charge is 2.33. The van der Waals surface area contributed by atoms with Gasteiger partial charge >= 0.3 is 0 Å². The molecule has 1 aliphatic rings. The number of nitrogens with zero attached hydrogens (tertiary/aromatic N) is 3. The minimum atomic E-state index is -0.713. The summed E-state index contributed by atoms with van der Waals surface area (Å²) in [7, 11) is 0. The van der Waals surface area contributed by atoms with Gasteiger partial charge in [-0.25, -0.2) is 9.67 Å². The van der Waals surface area contributed by atoms with Crippen molar-refractivity contribution in [2.24, 2.45) is 0 Å². The van der Waals surface area contributed by atoms with Crippen LogP contribution in [0.5, 0.6) is 11.5 Å². The van der Waals surface area contributed by atoms with Gasteiger partial charge in [0, 0.05) is 30.7 Å². The maximum Gasteiger partial charge on any atom is 0.265 e. The molecule has 7 heteroatoms. The van der Waals surface area contributed by atoms with Crippen LogP contribution in [0.4, 0.5) is 0 Å². The molecule has 0 saturated carbocycles. The highest BCUT2D eigenvalue weighted by Crippen LogP contribution is 2.33. The molecule has 3 heterocycles. The lowest BCUT2D eigenvalue weighted by Gasteiger charge is -2.31. The Balaban J connectivity index is 1.47. The summed E-state index contributed by atoms with van der Waals surface area (Å²) in [5.41, 5.74) is 0.856. The third kappa shape index (κ3) is 3.11. The fraction of sp³-hybridized carbons (Fsp3) is 0.211. The van der Waals surface area contributed by atoms with E-state index in [1.54, 1.807) is 23.1 Å². The van der Waals surface area contributed by atoms with Crippen LogP contribution in [0.25, 0.3) is 5.82 Å². The summed E-state index contributed by atoms with van der Waals surface area (Å²) < 4.78 is 13.3. The molecule has 26 heavy (non-hydrogen) atoms. The van der Waals surface area contributed by atoms with Gasteiger partial charge in [-0.3, -0.25) is 4.79 Å². The van der Waals surface area contributed by atoms with Crippen LogP contribution >= 0.6 is 0 Å². The second-order valence-corrected chi connectivity index (χ2v) is 5.96. The number of para-hydroxylation sites is 2. The van der Waals surface area contributed by atoms with E-state index < -0.39 is 6.10 Å². The SMILES string of the molecule is C[C@@H]1Oc2ccccc2O[C@@H]1C(=O)NCc1cccnc1-n1cccn1. The van der Waals surface area contributed by atoms with Gasteiger partial charge < -0.3 is 14.8 Å². The van der Waals surface area contributed by atoms with Crippen molar-refractivity contribution in [1.82, 2.24) is 20.1 Å².